The molecule has 0 spiro atoms. The number of nitrogens with one attached hydrogen (secondary N) is 3. The number of aryl methyl sites for hydroxylation is 1. The van der Waals surface area contributed by atoms with Crippen LogP contribution >= 0.6 is 11.8 Å². The van der Waals surface area contributed by atoms with Crippen LogP contribution < -0.4 is 10.6 Å². The number of nitrogens with zero attached hydrogens (tertiary/aromatic N) is 1. The number of H-pyrrole nitrogens is 1. The smallest absolute Gasteiger partial charge is 0.270 e. The van der Waals surface area contributed by atoms with Crippen molar-refractivity contribution in [3.05, 3.63) is 77.6 Å². The van der Waals surface area contributed by atoms with E-state index in [1.807, 2.05) is 61.7 Å². The minimum atomic E-state index is -0.624. The molecule has 0 radical (unpaired) electrons. The number of hydrogen-bond donors (Lipinski definition) is 3. The summed E-state index contributed by atoms with van der Waals surface area (Å²) in [5.74, 6) is 0.215. The van der Waals surface area contributed by atoms with Gasteiger partial charge in [-0.2, -0.15) is 11.8 Å². The van der Waals surface area contributed by atoms with E-state index in [0.29, 0.717) is 18.7 Å². The van der Waals surface area contributed by atoms with Crippen molar-refractivity contribution in [2.24, 2.45) is 0 Å². The SMILES string of the molecule is CSCCC(NC(=O)c1cc2c(cn1)[nH]c1ccccc12)C(=O)NCc1ccc(C)cc1. The van der Waals surface area contributed by atoms with Gasteiger partial charge in [0.05, 0.1) is 11.7 Å². The van der Waals surface area contributed by atoms with E-state index in [-0.39, 0.29) is 11.8 Å². The molecule has 0 aliphatic carbocycles. The Labute approximate surface area is 191 Å². The number of carbonyl (C=O) groups is 2. The van der Waals surface area contributed by atoms with Crippen LogP contribution in [0, 0.1) is 6.92 Å². The number of fused-ring (bicyclic) bond motifs is 3. The fourth-order valence-electron chi connectivity index (χ4n) is 3.63. The summed E-state index contributed by atoms with van der Waals surface area (Å²) in [6.45, 7) is 2.45. The molecule has 0 bridgehead atoms. The van der Waals surface area contributed by atoms with Gasteiger partial charge in [-0.15, -0.1) is 0 Å². The number of hydrogen-bond acceptors (Lipinski definition) is 4. The second-order valence-corrected chi connectivity index (χ2v) is 8.78. The summed E-state index contributed by atoms with van der Waals surface area (Å²) in [6.07, 6.45) is 4.19. The highest BCUT2D eigenvalue weighted by molar-refractivity contribution is 7.98. The average molecular weight is 447 g/mol. The summed E-state index contributed by atoms with van der Waals surface area (Å²) >= 11 is 1.64. The third-order valence-electron chi connectivity index (χ3n) is 5.44. The molecule has 4 rings (SSSR count). The third-order valence-corrected chi connectivity index (χ3v) is 6.09. The third kappa shape index (κ3) is 4.94. The van der Waals surface area contributed by atoms with Crippen LogP contribution in [0.1, 0.15) is 28.0 Å². The number of aromatic nitrogens is 2. The number of amides is 2. The minimum Gasteiger partial charge on any atom is -0.353 e. The van der Waals surface area contributed by atoms with Gasteiger partial charge in [0.1, 0.15) is 11.7 Å². The first-order valence-electron chi connectivity index (χ1n) is 10.5. The molecule has 7 heteroatoms. The molecule has 6 nitrogen and oxygen atoms in total. The van der Waals surface area contributed by atoms with Gasteiger partial charge in [0, 0.05) is 22.8 Å². The van der Waals surface area contributed by atoms with E-state index in [4.69, 9.17) is 0 Å². The van der Waals surface area contributed by atoms with Crippen molar-refractivity contribution in [3.8, 4) is 0 Å². The molecule has 2 aromatic carbocycles. The summed E-state index contributed by atoms with van der Waals surface area (Å²) in [4.78, 5) is 33.4. The molecule has 0 saturated heterocycles. The van der Waals surface area contributed by atoms with Gasteiger partial charge < -0.3 is 15.6 Å². The number of para-hydroxylation sites is 1. The highest BCUT2D eigenvalue weighted by Gasteiger charge is 2.22. The standard InChI is InChI=1S/C25H26N4O2S/c1-16-7-9-17(10-8-16)14-27-24(30)21(11-12-32-2)29-25(31)22-13-19-18-5-3-4-6-20(18)28-23(19)15-26-22/h3-10,13,15,21,28H,11-12,14H2,1-2H3,(H,27,30)(H,29,31). The van der Waals surface area contributed by atoms with Crippen molar-refractivity contribution < 1.29 is 9.59 Å². The number of pyridine rings is 1. The molecule has 1 unspecified atom stereocenters. The summed E-state index contributed by atoms with van der Waals surface area (Å²) in [5.41, 5.74) is 4.35. The Balaban J connectivity index is 1.48. The summed E-state index contributed by atoms with van der Waals surface area (Å²) in [6, 6.07) is 17.1. The zero-order valence-electron chi connectivity index (χ0n) is 18.1. The van der Waals surface area contributed by atoms with Gasteiger partial charge in [-0.3, -0.25) is 9.59 Å². The molecule has 2 heterocycles. The Hall–Kier alpha value is -3.32. The molecule has 164 valence electrons. The number of aromatic amines is 1. The van der Waals surface area contributed by atoms with Crippen LogP contribution in [-0.4, -0.2) is 39.8 Å². The van der Waals surface area contributed by atoms with Crippen LogP contribution in [-0.2, 0) is 11.3 Å². The van der Waals surface area contributed by atoms with Crippen LogP contribution in [0.25, 0.3) is 21.8 Å². The van der Waals surface area contributed by atoms with Crippen LogP contribution in [0.3, 0.4) is 0 Å². The van der Waals surface area contributed by atoms with Crippen molar-refractivity contribution in [3.63, 3.8) is 0 Å². The minimum absolute atomic E-state index is 0.193. The molecular formula is C25H26N4O2S. The second kappa shape index (κ2) is 9.87. The number of carbonyl (C=O) groups excluding carboxylic acids is 2. The van der Waals surface area contributed by atoms with E-state index in [9.17, 15) is 9.59 Å². The zero-order valence-corrected chi connectivity index (χ0v) is 19.0. The maximum absolute atomic E-state index is 13.0. The lowest BCUT2D eigenvalue weighted by Gasteiger charge is -2.18. The molecule has 1 atom stereocenters. The normalized spacial score (nSPS) is 12.1. The average Bonchev–Trinajstić information content (AvgIpc) is 3.19. The van der Waals surface area contributed by atoms with Crippen molar-refractivity contribution in [1.82, 2.24) is 20.6 Å². The van der Waals surface area contributed by atoms with Gasteiger partial charge >= 0.3 is 0 Å². The van der Waals surface area contributed by atoms with Gasteiger partial charge in [0.25, 0.3) is 5.91 Å². The van der Waals surface area contributed by atoms with Gasteiger partial charge in [-0.1, -0.05) is 48.0 Å². The first-order chi connectivity index (χ1) is 15.5. The molecule has 4 aromatic rings. The zero-order chi connectivity index (χ0) is 22.5. The molecule has 0 aliphatic rings. The lowest BCUT2D eigenvalue weighted by molar-refractivity contribution is -0.123. The van der Waals surface area contributed by atoms with Gasteiger partial charge in [-0.25, -0.2) is 4.98 Å². The lowest BCUT2D eigenvalue weighted by atomic mass is 10.1. The number of benzene rings is 2. The molecule has 2 aromatic heterocycles. The topological polar surface area (TPSA) is 86.9 Å². The van der Waals surface area contributed by atoms with E-state index >= 15 is 0 Å². The second-order valence-electron chi connectivity index (χ2n) is 7.80. The van der Waals surface area contributed by atoms with Gasteiger partial charge in [0.2, 0.25) is 5.91 Å². The van der Waals surface area contributed by atoms with E-state index < -0.39 is 6.04 Å². The van der Waals surface area contributed by atoms with Crippen LogP contribution in [0.4, 0.5) is 0 Å². The van der Waals surface area contributed by atoms with Crippen LogP contribution in [0.5, 0.6) is 0 Å². The van der Waals surface area contributed by atoms with Crippen molar-refractivity contribution in [2.45, 2.75) is 25.9 Å². The molecular weight excluding hydrogens is 420 g/mol. The first-order valence-corrected chi connectivity index (χ1v) is 11.9. The van der Waals surface area contributed by atoms with Crippen molar-refractivity contribution in [1.29, 1.82) is 0 Å². The maximum atomic E-state index is 13.0. The summed E-state index contributed by atoms with van der Waals surface area (Å²) in [5, 5.41) is 7.80. The van der Waals surface area contributed by atoms with Crippen LogP contribution in [0.15, 0.2) is 60.8 Å². The summed E-state index contributed by atoms with van der Waals surface area (Å²) in [7, 11) is 0. The van der Waals surface area contributed by atoms with Crippen molar-refractivity contribution in [2.75, 3.05) is 12.0 Å². The molecule has 3 N–H and O–H groups in total. The number of rotatable bonds is 8. The molecule has 2 amide bonds. The predicted molar refractivity (Wildman–Crippen MR) is 131 cm³/mol. The number of thioether (sulfide) groups is 1. The Bertz CT molecular complexity index is 1250. The lowest BCUT2D eigenvalue weighted by Crippen LogP contribution is -2.47. The molecule has 0 saturated carbocycles. The van der Waals surface area contributed by atoms with Gasteiger partial charge in [0.15, 0.2) is 0 Å². The fourth-order valence-corrected chi connectivity index (χ4v) is 4.10. The molecule has 32 heavy (non-hydrogen) atoms. The highest BCUT2D eigenvalue weighted by Crippen LogP contribution is 2.25. The van der Waals surface area contributed by atoms with E-state index in [0.717, 1.165) is 33.1 Å². The Morgan fingerprint density at radius 2 is 1.84 bits per heavy atom. The Kier molecular flexibility index (Phi) is 6.75. The first kappa shape index (κ1) is 21.9. The van der Waals surface area contributed by atoms with Crippen molar-refractivity contribution >= 4 is 45.4 Å². The predicted octanol–water partition coefficient (Wildman–Crippen LogP) is 4.19. The fraction of sp³-hybridized carbons (Fsp3) is 0.240. The molecule has 0 fully saturated rings. The van der Waals surface area contributed by atoms with E-state index in [2.05, 4.69) is 20.6 Å². The Morgan fingerprint density at radius 1 is 1.06 bits per heavy atom. The van der Waals surface area contributed by atoms with E-state index in [1.165, 1.54) is 5.56 Å². The van der Waals surface area contributed by atoms with E-state index in [1.54, 1.807) is 24.0 Å². The highest BCUT2D eigenvalue weighted by atomic mass is 32.2. The van der Waals surface area contributed by atoms with Crippen LogP contribution in [0.2, 0.25) is 0 Å². The molecule has 0 aliphatic heterocycles. The van der Waals surface area contributed by atoms with Gasteiger partial charge in [-0.05, 0) is 43.0 Å². The quantitative estimate of drug-likeness (QED) is 0.379. The largest absolute Gasteiger partial charge is 0.353 e. The summed E-state index contributed by atoms with van der Waals surface area (Å²) < 4.78 is 0. The maximum Gasteiger partial charge on any atom is 0.270 e. The Morgan fingerprint density at radius 3 is 2.62 bits per heavy atom. The monoisotopic (exact) mass is 446 g/mol.